The van der Waals surface area contributed by atoms with Crippen LogP contribution in [0, 0.1) is 5.92 Å². The third-order valence-electron chi connectivity index (χ3n) is 5.25. The molecule has 0 radical (unpaired) electrons. The minimum Gasteiger partial charge on any atom is -0.472 e. The van der Waals surface area contributed by atoms with Crippen LogP contribution < -0.4 is 5.43 Å². The van der Waals surface area contributed by atoms with Crippen LogP contribution in [0.3, 0.4) is 0 Å². The number of allylic oxidation sites excluding steroid dienone is 2. The smallest absolute Gasteiger partial charge is 0.193 e. The molecule has 0 saturated heterocycles. The van der Waals surface area contributed by atoms with Gasteiger partial charge in [0, 0.05) is 43.5 Å². The third kappa shape index (κ3) is 2.73. The molecule has 1 aliphatic heterocycles. The molecule has 0 atom stereocenters. The summed E-state index contributed by atoms with van der Waals surface area (Å²) in [7, 11) is 2.03. The minimum absolute atomic E-state index is 0.202. The number of aromatic nitrogens is 1. The Morgan fingerprint density at radius 2 is 2.08 bits per heavy atom. The number of rotatable bonds is 4. The lowest BCUT2D eigenvalue weighted by Gasteiger charge is -2.34. The second-order valence-electron chi connectivity index (χ2n) is 7.14. The zero-order chi connectivity index (χ0) is 18.4. The molecule has 26 heavy (non-hydrogen) atoms. The summed E-state index contributed by atoms with van der Waals surface area (Å²) in [6.45, 7) is 7.31. The first-order valence-electron chi connectivity index (χ1n) is 8.90. The average Bonchev–Trinajstić information content (AvgIpc) is 3.32. The van der Waals surface area contributed by atoms with Crippen molar-refractivity contribution in [3.63, 3.8) is 0 Å². The van der Waals surface area contributed by atoms with Crippen LogP contribution >= 0.6 is 0 Å². The maximum absolute atomic E-state index is 12.5. The number of furan rings is 1. The Bertz CT molecular complexity index is 975. The van der Waals surface area contributed by atoms with E-state index in [4.69, 9.17) is 4.42 Å². The predicted molar refractivity (Wildman–Crippen MR) is 101 cm³/mol. The first kappa shape index (κ1) is 16.6. The van der Waals surface area contributed by atoms with E-state index in [2.05, 4.69) is 11.5 Å². The van der Waals surface area contributed by atoms with E-state index in [1.165, 1.54) is 6.92 Å². The molecule has 0 N–H and O–H groups in total. The molecule has 1 saturated carbocycles. The van der Waals surface area contributed by atoms with Crippen molar-refractivity contribution in [2.75, 3.05) is 13.6 Å². The predicted octanol–water partition coefficient (Wildman–Crippen LogP) is 3.42. The van der Waals surface area contributed by atoms with Gasteiger partial charge in [0.05, 0.1) is 29.5 Å². The Hall–Kier alpha value is -2.82. The molecule has 5 heteroatoms. The molecule has 4 rings (SSSR count). The van der Waals surface area contributed by atoms with Gasteiger partial charge >= 0.3 is 0 Å². The Morgan fingerprint density at radius 1 is 1.31 bits per heavy atom. The lowest BCUT2D eigenvalue weighted by Crippen LogP contribution is -2.33. The molecule has 0 aromatic carbocycles. The van der Waals surface area contributed by atoms with Gasteiger partial charge in [-0.05, 0) is 37.3 Å². The largest absolute Gasteiger partial charge is 0.472 e. The third-order valence-corrected chi connectivity index (χ3v) is 5.25. The second kappa shape index (κ2) is 6.16. The molecule has 0 bridgehead atoms. The van der Waals surface area contributed by atoms with Crippen molar-refractivity contribution in [3.8, 4) is 0 Å². The van der Waals surface area contributed by atoms with Crippen LogP contribution in [0.5, 0.6) is 0 Å². The lowest BCUT2D eigenvalue weighted by molar-refractivity contribution is 0.101. The SMILES string of the molecule is C=C(/C(=C1/c2cc(=O)c(C(C)=O)cn2CCN1C)c1ccoc1)C1CC1. The topological polar surface area (TPSA) is 55.5 Å². The summed E-state index contributed by atoms with van der Waals surface area (Å²) in [6, 6.07) is 3.52. The molecule has 0 amide bonds. The Kier molecular flexibility index (Phi) is 3.94. The number of pyridine rings is 1. The first-order chi connectivity index (χ1) is 12.5. The molecule has 134 valence electrons. The average molecular weight is 350 g/mol. The summed E-state index contributed by atoms with van der Waals surface area (Å²) in [6.07, 6.45) is 7.37. The van der Waals surface area contributed by atoms with Gasteiger partial charge in [-0.2, -0.15) is 0 Å². The van der Waals surface area contributed by atoms with Crippen molar-refractivity contribution in [3.05, 3.63) is 70.1 Å². The van der Waals surface area contributed by atoms with Crippen LogP contribution in [0.15, 0.2) is 52.2 Å². The highest BCUT2D eigenvalue weighted by atomic mass is 16.3. The van der Waals surface area contributed by atoms with Gasteiger partial charge < -0.3 is 13.9 Å². The van der Waals surface area contributed by atoms with Gasteiger partial charge in [-0.3, -0.25) is 9.59 Å². The lowest BCUT2D eigenvalue weighted by atomic mass is 9.92. The summed E-state index contributed by atoms with van der Waals surface area (Å²) in [5, 5.41) is 0. The number of likely N-dealkylation sites (N-methyl/N-ethyl adjacent to an activating group) is 1. The number of hydrogen-bond donors (Lipinski definition) is 0. The molecule has 2 aromatic rings. The molecule has 1 fully saturated rings. The molecule has 3 heterocycles. The molecule has 2 aromatic heterocycles. The molecular formula is C21H22N2O3. The molecule has 0 unspecified atom stereocenters. The van der Waals surface area contributed by atoms with Gasteiger partial charge in [0.2, 0.25) is 0 Å². The second-order valence-corrected chi connectivity index (χ2v) is 7.14. The standard InChI is InChI=1S/C21H22N2O3/c1-13(15-4-5-15)20(16-6-9-26-12-16)21-18-10-19(25)17(14(2)24)11-23(18)8-7-22(21)3/h6,9-12,15H,1,4-5,7-8H2,2-3H3/b21-20+. The fraction of sp³-hybridized carbons (Fsp3) is 0.333. The van der Waals surface area contributed by atoms with Crippen molar-refractivity contribution in [1.82, 2.24) is 9.47 Å². The van der Waals surface area contributed by atoms with Crippen molar-refractivity contribution in [2.24, 2.45) is 5.92 Å². The van der Waals surface area contributed by atoms with Crippen LogP contribution in [-0.2, 0) is 6.54 Å². The first-order valence-corrected chi connectivity index (χ1v) is 8.90. The van der Waals surface area contributed by atoms with E-state index in [-0.39, 0.29) is 16.8 Å². The molecule has 0 spiro atoms. The van der Waals surface area contributed by atoms with E-state index in [1.54, 1.807) is 24.8 Å². The zero-order valence-electron chi connectivity index (χ0n) is 15.1. The molecule has 1 aliphatic carbocycles. The van der Waals surface area contributed by atoms with Crippen molar-refractivity contribution in [1.29, 1.82) is 0 Å². The van der Waals surface area contributed by atoms with Gasteiger partial charge in [0.15, 0.2) is 11.2 Å². The van der Waals surface area contributed by atoms with E-state index >= 15 is 0 Å². The van der Waals surface area contributed by atoms with Crippen LogP contribution in [-0.4, -0.2) is 28.8 Å². The Labute approximate surface area is 152 Å². The fourth-order valence-electron chi connectivity index (χ4n) is 3.63. The van der Waals surface area contributed by atoms with Crippen LogP contribution in [0.1, 0.15) is 41.4 Å². The maximum atomic E-state index is 12.5. The summed E-state index contributed by atoms with van der Waals surface area (Å²) < 4.78 is 7.33. The fourth-order valence-corrected chi connectivity index (χ4v) is 3.63. The Morgan fingerprint density at radius 3 is 2.69 bits per heavy atom. The van der Waals surface area contributed by atoms with Crippen molar-refractivity contribution < 1.29 is 9.21 Å². The number of Topliss-reactive ketones (excluding diaryl/α,β-unsaturated/α-hetero) is 1. The highest BCUT2D eigenvalue weighted by Gasteiger charge is 2.32. The quantitative estimate of drug-likeness (QED) is 0.793. The summed E-state index contributed by atoms with van der Waals surface area (Å²) in [4.78, 5) is 26.4. The monoisotopic (exact) mass is 350 g/mol. The van der Waals surface area contributed by atoms with E-state index in [9.17, 15) is 9.59 Å². The van der Waals surface area contributed by atoms with E-state index in [1.807, 2.05) is 17.7 Å². The van der Waals surface area contributed by atoms with Gasteiger partial charge in [0.25, 0.3) is 0 Å². The zero-order valence-corrected chi connectivity index (χ0v) is 15.1. The number of carbonyl (C=O) groups is 1. The molecule has 2 aliphatic rings. The van der Waals surface area contributed by atoms with Gasteiger partial charge in [-0.1, -0.05) is 6.58 Å². The highest BCUT2D eigenvalue weighted by molar-refractivity contribution is 5.98. The van der Waals surface area contributed by atoms with E-state index in [0.29, 0.717) is 5.92 Å². The Balaban J connectivity index is 1.98. The number of ketones is 1. The van der Waals surface area contributed by atoms with Crippen molar-refractivity contribution in [2.45, 2.75) is 26.3 Å². The number of fused-ring (bicyclic) bond motifs is 1. The molecular weight excluding hydrogens is 328 g/mol. The summed E-state index contributed by atoms with van der Waals surface area (Å²) in [5.74, 6) is 0.284. The maximum Gasteiger partial charge on any atom is 0.193 e. The summed E-state index contributed by atoms with van der Waals surface area (Å²) >= 11 is 0. The normalized spacial score (nSPS) is 18.5. The molecule has 5 nitrogen and oxygen atoms in total. The summed E-state index contributed by atoms with van der Waals surface area (Å²) in [5.41, 5.74) is 4.90. The van der Waals surface area contributed by atoms with Gasteiger partial charge in [0.1, 0.15) is 0 Å². The van der Waals surface area contributed by atoms with Crippen molar-refractivity contribution >= 4 is 17.1 Å². The van der Waals surface area contributed by atoms with Crippen LogP contribution in [0.2, 0.25) is 0 Å². The minimum atomic E-state index is -0.236. The van der Waals surface area contributed by atoms with Crippen LogP contribution in [0.25, 0.3) is 11.3 Å². The van der Waals surface area contributed by atoms with Gasteiger partial charge in [-0.15, -0.1) is 0 Å². The number of nitrogens with zero attached hydrogens (tertiary/aromatic N) is 2. The number of hydrogen-bond acceptors (Lipinski definition) is 4. The number of carbonyl (C=O) groups excluding carboxylic acids is 1. The van der Waals surface area contributed by atoms with Crippen LogP contribution in [0.4, 0.5) is 0 Å². The van der Waals surface area contributed by atoms with Gasteiger partial charge in [-0.25, -0.2) is 0 Å². The van der Waals surface area contributed by atoms with E-state index in [0.717, 1.165) is 54.0 Å². The highest BCUT2D eigenvalue weighted by Crippen LogP contribution is 2.45. The van der Waals surface area contributed by atoms with E-state index < -0.39 is 0 Å².